The summed E-state index contributed by atoms with van der Waals surface area (Å²) in [5.74, 6) is -1.26. The number of hydrogen-bond donors (Lipinski definition) is 1. The molecule has 2 rings (SSSR count). The minimum atomic E-state index is -4.56. The minimum Gasteiger partial charge on any atom is -0.507 e. The number of aromatic hydroxyl groups is 1. The van der Waals surface area contributed by atoms with Crippen molar-refractivity contribution < 1.29 is 23.1 Å². The molecule has 1 aromatic carbocycles. The van der Waals surface area contributed by atoms with E-state index in [0.29, 0.717) is 6.07 Å². The number of pyridine rings is 1. The van der Waals surface area contributed by atoms with Gasteiger partial charge in [-0.25, -0.2) is 0 Å². The van der Waals surface area contributed by atoms with E-state index < -0.39 is 23.3 Å². The fraction of sp³-hybridized carbons (Fsp3) is 0.0769. The van der Waals surface area contributed by atoms with Crippen LogP contribution in [-0.4, -0.2) is 15.9 Å². The summed E-state index contributed by atoms with van der Waals surface area (Å²) in [5.41, 5.74) is -0.944. The van der Waals surface area contributed by atoms with Crippen molar-refractivity contribution in [2.45, 2.75) is 6.18 Å². The van der Waals surface area contributed by atoms with Crippen LogP contribution in [0, 0.1) is 0 Å². The van der Waals surface area contributed by atoms with Gasteiger partial charge in [-0.15, -0.1) is 0 Å². The zero-order valence-corrected chi connectivity index (χ0v) is 9.48. The lowest BCUT2D eigenvalue weighted by atomic mass is 10.0. The quantitative estimate of drug-likeness (QED) is 0.851. The molecule has 0 saturated carbocycles. The van der Waals surface area contributed by atoms with Crippen LogP contribution in [0.4, 0.5) is 13.2 Å². The van der Waals surface area contributed by atoms with Crippen LogP contribution in [0.1, 0.15) is 21.5 Å². The average Bonchev–Trinajstić information content (AvgIpc) is 2.38. The highest BCUT2D eigenvalue weighted by Gasteiger charge is 2.31. The van der Waals surface area contributed by atoms with Gasteiger partial charge in [0.05, 0.1) is 11.1 Å². The molecule has 0 atom stereocenters. The summed E-state index contributed by atoms with van der Waals surface area (Å²) in [6.45, 7) is 0. The number of benzene rings is 1. The number of halogens is 3. The van der Waals surface area contributed by atoms with Gasteiger partial charge in [0.1, 0.15) is 5.75 Å². The molecule has 0 aliphatic rings. The van der Waals surface area contributed by atoms with Crippen LogP contribution in [-0.2, 0) is 6.18 Å². The van der Waals surface area contributed by atoms with Crippen LogP contribution in [0.3, 0.4) is 0 Å². The van der Waals surface area contributed by atoms with Gasteiger partial charge in [0.25, 0.3) is 0 Å². The summed E-state index contributed by atoms with van der Waals surface area (Å²) in [6, 6.07) is 5.09. The van der Waals surface area contributed by atoms with Crippen molar-refractivity contribution in [3.8, 4) is 5.75 Å². The molecule has 2 aromatic rings. The predicted octanol–water partition coefficient (Wildman–Crippen LogP) is 3.04. The zero-order chi connectivity index (χ0) is 14.0. The summed E-state index contributed by atoms with van der Waals surface area (Å²) in [6.07, 6.45) is -1.79. The molecule has 0 spiro atoms. The molecule has 1 heterocycles. The second kappa shape index (κ2) is 4.72. The van der Waals surface area contributed by atoms with Crippen LogP contribution >= 0.6 is 0 Å². The standard InChI is InChI=1S/C13H8F3NO2/c14-13(15,16)9-1-2-10(11(18)7-9)12(19)8-3-5-17-6-4-8/h1-7,18H. The van der Waals surface area contributed by atoms with Crippen molar-refractivity contribution in [3.63, 3.8) is 0 Å². The Balaban J connectivity index is 2.40. The molecule has 0 radical (unpaired) electrons. The van der Waals surface area contributed by atoms with E-state index in [1.165, 1.54) is 24.5 Å². The zero-order valence-electron chi connectivity index (χ0n) is 9.48. The number of hydrogen-bond acceptors (Lipinski definition) is 3. The van der Waals surface area contributed by atoms with E-state index in [0.717, 1.165) is 12.1 Å². The molecular formula is C13H8F3NO2. The highest BCUT2D eigenvalue weighted by molar-refractivity contribution is 6.10. The van der Waals surface area contributed by atoms with E-state index in [4.69, 9.17) is 0 Å². The monoisotopic (exact) mass is 267 g/mol. The van der Waals surface area contributed by atoms with Crippen LogP contribution in [0.5, 0.6) is 5.75 Å². The van der Waals surface area contributed by atoms with Crippen molar-refractivity contribution in [3.05, 3.63) is 59.4 Å². The van der Waals surface area contributed by atoms with E-state index in [9.17, 15) is 23.1 Å². The second-order valence-corrected chi connectivity index (χ2v) is 3.79. The molecule has 98 valence electrons. The topological polar surface area (TPSA) is 50.2 Å². The molecule has 0 fully saturated rings. The first-order valence-electron chi connectivity index (χ1n) is 5.24. The summed E-state index contributed by atoms with van der Waals surface area (Å²) in [5, 5.41) is 9.55. The molecule has 0 aliphatic carbocycles. The third-order valence-electron chi connectivity index (χ3n) is 2.51. The first kappa shape index (κ1) is 13.1. The Morgan fingerprint density at radius 3 is 2.26 bits per heavy atom. The Kier molecular flexibility index (Phi) is 3.25. The number of nitrogens with zero attached hydrogens (tertiary/aromatic N) is 1. The van der Waals surface area contributed by atoms with E-state index in [1.54, 1.807) is 0 Å². The van der Waals surface area contributed by atoms with Crippen molar-refractivity contribution in [2.75, 3.05) is 0 Å². The lowest BCUT2D eigenvalue weighted by Gasteiger charge is -2.09. The molecule has 0 saturated heterocycles. The van der Waals surface area contributed by atoms with Crippen molar-refractivity contribution in [2.24, 2.45) is 0 Å². The van der Waals surface area contributed by atoms with Gasteiger partial charge in [-0.1, -0.05) is 0 Å². The van der Waals surface area contributed by atoms with E-state index in [1.807, 2.05) is 0 Å². The molecule has 19 heavy (non-hydrogen) atoms. The number of carbonyl (C=O) groups excluding carboxylic acids is 1. The van der Waals surface area contributed by atoms with Gasteiger partial charge in [0.2, 0.25) is 0 Å². The number of ketones is 1. The van der Waals surface area contributed by atoms with Crippen LogP contribution in [0.25, 0.3) is 0 Å². The molecule has 1 N–H and O–H groups in total. The maximum atomic E-state index is 12.4. The molecule has 3 nitrogen and oxygen atoms in total. The SMILES string of the molecule is O=C(c1ccncc1)c1ccc(C(F)(F)F)cc1O. The van der Waals surface area contributed by atoms with Gasteiger partial charge in [-0.2, -0.15) is 13.2 Å². The van der Waals surface area contributed by atoms with Gasteiger partial charge in [-0.3, -0.25) is 9.78 Å². The number of phenolic OH excluding ortho intramolecular Hbond substituents is 1. The summed E-state index contributed by atoms with van der Waals surface area (Å²) in [4.78, 5) is 15.7. The smallest absolute Gasteiger partial charge is 0.416 e. The molecule has 0 aliphatic heterocycles. The normalized spacial score (nSPS) is 11.3. The summed E-state index contributed by atoms with van der Waals surface area (Å²) >= 11 is 0. The Bertz CT molecular complexity index is 609. The molecule has 0 bridgehead atoms. The van der Waals surface area contributed by atoms with Crippen molar-refractivity contribution in [1.29, 1.82) is 0 Å². The fourth-order valence-electron chi connectivity index (χ4n) is 1.56. The van der Waals surface area contributed by atoms with Gasteiger partial charge < -0.3 is 5.11 Å². The first-order valence-corrected chi connectivity index (χ1v) is 5.24. The number of alkyl halides is 3. The van der Waals surface area contributed by atoms with E-state index in [2.05, 4.69) is 4.98 Å². The van der Waals surface area contributed by atoms with Gasteiger partial charge >= 0.3 is 6.18 Å². The predicted molar refractivity (Wildman–Crippen MR) is 60.8 cm³/mol. The van der Waals surface area contributed by atoms with Gasteiger partial charge in [0.15, 0.2) is 5.78 Å². The van der Waals surface area contributed by atoms with Crippen LogP contribution in [0.2, 0.25) is 0 Å². The number of aromatic nitrogens is 1. The lowest BCUT2D eigenvalue weighted by molar-refractivity contribution is -0.137. The van der Waals surface area contributed by atoms with Gasteiger partial charge in [-0.05, 0) is 30.3 Å². The Morgan fingerprint density at radius 1 is 1.11 bits per heavy atom. The average molecular weight is 267 g/mol. The Morgan fingerprint density at radius 2 is 1.74 bits per heavy atom. The maximum absolute atomic E-state index is 12.4. The summed E-state index contributed by atoms with van der Waals surface area (Å²) < 4.78 is 37.3. The van der Waals surface area contributed by atoms with E-state index in [-0.39, 0.29) is 11.1 Å². The highest BCUT2D eigenvalue weighted by Crippen LogP contribution is 2.33. The third-order valence-corrected chi connectivity index (χ3v) is 2.51. The highest BCUT2D eigenvalue weighted by atomic mass is 19.4. The van der Waals surface area contributed by atoms with Gasteiger partial charge in [0, 0.05) is 18.0 Å². The molecular weight excluding hydrogens is 259 g/mol. The second-order valence-electron chi connectivity index (χ2n) is 3.79. The fourth-order valence-corrected chi connectivity index (χ4v) is 1.56. The van der Waals surface area contributed by atoms with Crippen LogP contribution in [0.15, 0.2) is 42.7 Å². The van der Waals surface area contributed by atoms with Crippen molar-refractivity contribution in [1.82, 2.24) is 4.98 Å². The Labute approximate surface area is 106 Å². The lowest BCUT2D eigenvalue weighted by Crippen LogP contribution is -2.07. The Hall–Kier alpha value is -2.37. The number of carbonyl (C=O) groups is 1. The largest absolute Gasteiger partial charge is 0.507 e. The van der Waals surface area contributed by atoms with Crippen LogP contribution < -0.4 is 0 Å². The molecule has 0 amide bonds. The minimum absolute atomic E-state index is 0.181. The molecule has 6 heteroatoms. The maximum Gasteiger partial charge on any atom is 0.416 e. The van der Waals surface area contributed by atoms with Crippen molar-refractivity contribution >= 4 is 5.78 Å². The number of rotatable bonds is 2. The molecule has 1 aromatic heterocycles. The first-order chi connectivity index (χ1) is 8.89. The summed E-state index contributed by atoms with van der Waals surface area (Å²) in [7, 11) is 0. The number of phenols is 1. The third kappa shape index (κ3) is 2.73. The van der Waals surface area contributed by atoms with E-state index >= 15 is 0 Å². The molecule has 0 unspecified atom stereocenters.